The van der Waals surface area contributed by atoms with Crippen LogP contribution in [0.3, 0.4) is 0 Å². The molecule has 11 heteroatoms. The predicted molar refractivity (Wildman–Crippen MR) is 118 cm³/mol. The van der Waals surface area contributed by atoms with Gasteiger partial charge in [-0.3, -0.25) is 9.20 Å². The van der Waals surface area contributed by atoms with E-state index in [9.17, 15) is 14.8 Å². The number of aromatic nitrogens is 4. The van der Waals surface area contributed by atoms with Crippen molar-refractivity contribution in [2.45, 2.75) is 13.0 Å². The van der Waals surface area contributed by atoms with Crippen LogP contribution >= 0.6 is 0 Å². The Balaban J connectivity index is 1.52. The molecule has 0 saturated carbocycles. The fourth-order valence-electron chi connectivity index (χ4n) is 3.75. The summed E-state index contributed by atoms with van der Waals surface area (Å²) in [6.07, 6.45) is 3.99. The lowest BCUT2D eigenvalue weighted by atomic mass is 9.79. The second-order valence-corrected chi connectivity index (χ2v) is 7.37. The molecular weight excluding hydrogens is 411 g/mol. The van der Waals surface area contributed by atoms with Crippen LogP contribution in [0.25, 0.3) is 17.2 Å². The van der Waals surface area contributed by atoms with Crippen LogP contribution in [0.2, 0.25) is 0 Å². The molecular formula is C21H19BN6O4. The molecule has 1 aromatic carbocycles. The van der Waals surface area contributed by atoms with Crippen molar-refractivity contribution in [1.29, 1.82) is 0 Å². The van der Waals surface area contributed by atoms with Gasteiger partial charge in [-0.15, -0.1) is 0 Å². The van der Waals surface area contributed by atoms with E-state index in [1.54, 1.807) is 47.1 Å². The van der Waals surface area contributed by atoms with E-state index in [0.717, 1.165) is 11.1 Å². The molecule has 1 aliphatic heterocycles. The molecule has 3 aromatic heterocycles. The first-order valence-electron chi connectivity index (χ1n) is 10.00. The molecule has 0 radical (unpaired) electrons. The van der Waals surface area contributed by atoms with E-state index >= 15 is 0 Å². The minimum Gasteiger partial charge on any atom is -0.477 e. The summed E-state index contributed by atoms with van der Waals surface area (Å²) in [5.74, 6) is 1.35. The number of carbonyl (C=O) groups excluding carboxylic acids is 1. The number of amides is 1. The standard InChI is InChI=1S/C21H19BN6O4/c23-17(29)14-5-2-7-28-16(14)11-25-20(28)19-26-18(15-6-8-32-21(15)27-19)24-10-12-3-1-4-13(9-12)22(30)31/h1-5,7,9,11,30-31H,6,8,10H2,(H2,23,29)(H,24,26,27). The van der Waals surface area contributed by atoms with Crippen molar-refractivity contribution in [2.24, 2.45) is 5.73 Å². The highest BCUT2D eigenvalue weighted by Gasteiger charge is 2.23. The number of nitrogens with two attached hydrogens (primary N) is 1. The fraction of sp³-hybridized carbons (Fsp3) is 0.143. The lowest BCUT2D eigenvalue weighted by molar-refractivity contribution is 0.100. The number of rotatable bonds is 6. The second-order valence-electron chi connectivity index (χ2n) is 7.37. The van der Waals surface area contributed by atoms with Gasteiger partial charge in [0.25, 0.3) is 5.91 Å². The van der Waals surface area contributed by atoms with Crippen molar-refractivity contribution in [3.05, 3.63) is 65.5 Å². The number of hydrogen-bond donors (Lipinski definition) is 4. The summed E-state index contributed by atoms with van der Waals surface area (Å²) in [6, 6.07) is 10.4. The van der Waals surface area contributed by atoms with E-state index in [2.05, 4.69) is 20.3 Å². The Hall–Kier alpha value is -3.96. The normalized spacial score (nSPS) is 12.4. The molecule has 4 heterocycles. The van der Waals surface area contributed by atoms with E-state index < -0.39 is 13.0 Å². The topological polar surface area (TPSA) is 148 Å². The second kappa shape index (κ2) is 7.95. The lowest BCUT2D eigenvalue weighted by Crippen LogP contribution is -2.30. The zero-order valence-corrected chi connectivity index (χ0v) is 16.9. The zero-order valence-electron chi connectivity index (χ0n) is 16.9. The third-order valence-electron chi connectivity index (χ3n) is 5.31. The van der Waals surface area contributed by atoms with Crippen LogP contribution < -0.4 is 21.3 Å². The first kappa shape index (κ1) is 20.0. The number of carbonyl (C=O) groups is 1. The van der Waals surface area contributed by atoms with Gasteiger partial charge in [0.1, 0.15) is 5.82 Å². The maximum atomic E-state index is 11.7. The molecule has 0 bridgehead atoms. The molecule has 1 amide bonds. The summed E-state index contributed by atoms with van der Waals surface area (Å²) in [7, 11) is -1.53. The fourth-order valence-corrected chi connectivity index (χ4v) is 3.75. The highest BCUT2D eigenvalue weighted by Crippen LogP contribution is 2.32. The molecule has 4 aromatic rings. The van der Waals surface area contributed by atoms with Gasteiger partial charge in [-0.2, -0.15) is 4.98 Å². The molecule has 10 nitrogen and oxygen atoms in total. The zero-order chi connectivity index (χ0) is 22.2. The van der Waals surface area contributed by atoms with Gasteiger partial charge in [0.05, 0.1) is 29.4 Å². The van der Waals surface area contributed by atoms with Gasteiger partial charge in [0.2, 0.25) is 11.7 Å². The quantitative estimate of drug-likeness (QED) is 0.315. The van der Waals surface area contributed by atoms with Gasteiger partial charge in [0, 0.05) is 19.2 Å². The molecule has 1 aliphatic rings. The number of anilines is 1. The summed E-state index contributed by atoms with van der Waals surface area (Å²) >= 11 is 0. The number of benzene rings is 1. The predicted octanol–water partition coefficient (Wildman–Crippen LogP) is 0.117. The van der Waals surface area contributed by atoms with Crippen LogP contribution in [0, 0.1) is 0 Å². The van der Waals surface area contributed by atoms with Crippen molar-refractivity contribution in [3.63, 3.8) is 0 Å². The first-order valence-corrected chi connectivity index (χ1v) is 10.00. The van der Waals surface area contributed by atoms with E-state index in [0.29, 0.717) is 59.5 Å². The van der Waals surface area contributed by atoms with Crippen LogP contribution in [0.15, 0.2) is 48.8 Å². The Morgan fingerprint density at radius 1 is 1.25 bits per heavy atom. The lowest BCUT2D eigenvalue weighted by Gasteiger charge is -2.12. The monoisotopic (exact) mass is 430 g/mol. The van der Waals surface area contributed by atoms with Gasteiger partial charge >= 0.3 is 7.12 Å². The molecule has 160 valence electrons. The Morgan fingerprint density at radius 3 is 2.94 bits per heavy atom. The van der Waals surface area contributed by atoms with E-state index in [-0.39, 0.29) is 0 Å². The third kappa shape index (κ3) is 3.53. The molecule has 0 atom stereocenters. The Labute approximate surface area is 182 Å². The van der Waals surface area contributed by atoms with Gasteiger partial charge in [-0.25, -0.2) is 9.97 Å². The van der Waals surface area contributed by atoms with Crippen molar-refractivity contribution < 1.29 is 19.6 Å². The van der Waals surface area contributed by atoms with Gasteiger partial charge in [-0.05, 0) is 23.2 Å². The summed E-state index contributed by atoms with van der Waals surface area (Å²) in [6.45, 7) is 0.917. The number of pyridine rings is 1. The minimum atomic E-state index is -1.53. The molecule has 5 rings (SSSR count). The van der Waals surface area contributed by atoms with Gasteiger partial charge < -0.3 is 25.8 Å². The average Bonchev–Trinajstić information content (AvgIpc) is 3.44. The van der Waals surface area contributed by atoms with Crippen LogP contribution in [-0.2, 0) is 13.0 Å². The molecule has 0 saturated heterocycles. The van der Waals surface area contributed by atoms with Crippen LogP contribution in [0.5, 0.6) is 5.88 Å². The molecule has 32 heavy (non-hydrogen) atoms. The number of nitrogens with zero attached hydrogens (tertiary/aromatic N) is 4. The smallest absolute Gasteiger partial charge is 0.477 e. The average molecular weight is 430 g/mol. The summed E-state index contributed by atoms with van der Waals surface area (Å²) < 4.78 is 7.40. The molecule has 5 N–H and O–H groups in total. The molecule has 0 fully saturated rings. The van der Waals surface area contributed by atoms with E-state index in [1.807, 2.05) is 6.07 Å². The van der Waals surface area contributed by atoms with Crippen molar-refractivity contribution in [2.75, 3.05) is 11.9 Å². The Bertz CT molecular complexity index is 1340. The Kier molecular flexibility index (Phi) is 4.96. The van der Waals surface area contributed by atoms with Crippen LogP contribution in [-0.4, -0.2) is 49.0 Å². The van der Waals surface area contributed by atoms with Gasteiger partial charge in [-0.1, -0.05) is 24.3 Å². The number of hydrogen-bond acceptors (Lipinski definition) is 8. The summed E-state index contributed by atoms with van der Waals surface area (Å²) in [5.41, 5.74) is 8.54. The first-order chi connectivity index (χ1) is 15.5. The number of imidazole rings is 1. The van der Waals surface area contributed by atoms with E-state index in [4.69, 9.17) is 10.5 Å². The number of primary amides is 1. The maximum absolute atomic E-state index is 11.7. The highest BCUT2D eigenvalue weighted by atomic mass is 16.5. The number of nitrogens with one attached hydrogen (secondary N) is 1. The van der Waals surface area contributed by atoms with Crippen molar-refractivity contribution in [3.8, 4) is 17.5 Å². The summed E-state index contributed by atoms with van der Waals surface area (Å²) in [4.78, 5) is 25.4. The van der Waals surface area contributed by atoms with Crippen LogP contribution in [0.1, 0.15) is 21.5 Å². The molecule has 0 aliphatic carbocycles. The van der Waals surface area contributed by atoms with Gasteiger partial charge in [0.15, 0.2) is 5.82 Å². The largest absolute Gasteiger partial charge is 0.488 e. The van der Waals surface area contributed by atoms with Crippen molar-refractivity contribution in [1.82, 2.24) is 19.4 Å². The van der Waals surface area contributed by atoms with E-state index in [1.165, 1.54) is 0 Å². The summed E-state index contributed by atoms with van der Waals surface area (Å²) in [5, 5.41) is 22.1. The van der Waals surface area contributed by atoms with Crippen LogP contribution in [0.4, 0.5) is 5.82 Å². The molecule has 0 spiro atoms. The minimum absolute atomic E-state index is 0.342. The van der Waals surface area contributed by atoms with Crippen molar-refractivity contribution >= 4 is 29.8 Å². The molecule has 0 unspecified atom stereocenters. The highest BCUT2D eigenvalue weighted by molar-refractivity contribution is 6.58. The SMILES string of the molecule is NC(=O)c1cccn2c(-c3nc(NCc4cccc(B(O)O)c4)c4c(n3)OCC4)ncc12. The maximum Gasteiger partial charge on any atom is 0.488 e. The Morgan fingerprint density at radius 2 is 2.12 bits per heavy atom. The number of fused-ring (bicyclic) bond motifs is 2. The third-order valence-corrected chi connectivity index (χ3v) is 5.31. The number of ether oxygens (including phenoxy) is 1.